The third-order valence-electron chi connectivity index (χ3n) is 3.00. The number of hydrogen-bond acceptors (Lipinski definition) is 2. The van der Waals surface area contributed by atoms with Crippen LogP contribution >= 0.6 is 11.6 Å². The highest BCUT2D eigenvalue weighted by Crippen LogP contribution is 2.22. The third kappa shape index (κ3) is 4.46. The average Bonchev–Trinajstić information content (AvgIpc) is 2.48. The molecular formula is C16H15ClFNO2. The maximum atomic E-state index is 12.8. The molecule has 0 spiro atoms. The van der Waals surface area contributed by atoms with Crippen LogP contribution < -0.4 is 10.1 Å². The van der Waals surface area contributed by atoms with E-state index in [9.17, 15) is 9.18 Å². The first-order chi connectivity index (χ1) is 10.1. The van der Waals surface area contributed by atoms with E-state index >= 15 is 0 Å². The molecule has 1 amide bonds. The Hall–Kier alpha value is -2.07. The smallest absolute Gasteiger partial charge is 0.224 e. The van der Waals surface area contributed by atoms with Crippen LogP contribution in [-0.2, 0) is 17.8 Å². The lowest BCUT2D eigenvalue weighted by molar-refractivity contribution is -0.120. The lowest BCUT2D eigenvalue weighted by atomic mass is 10.1. The van der Waals surface area contributed by atoms with E-state index in [1.165, 1.54) is 12.1 Å². The Balaban J connectivity index is 1.95. The lowest BCUT2D eigenvalue weighted by Gasteiger charge is -2.10. The molecule has 0 aliphatic rings. The van der Waals surface area contributed by atoms with Crippen LogP contribution in [-0.4, -0.2) is 13.0 Å². The number of ether oxygens (including phenoxy) is 1. The maximum Gasteiger partial charge on any atom is 0.224 e. The topological polar surface area (TPSA) is 38.3 Å². The molecule has 0 heterocycles. The van der Waals surface area contributed by atoms with Crippen molar-refractivity contribution in [2.24, 2.45) is 0 Å². The number of nitrogens with one attached hydrogen (secondary N) is 1. The maximum absolute atomic E-state index is 12.8. The summed E-state index contributed by atoms with van der Waals surface area (Å²) in [6.07, 6.45) is 0.198. The summed E-state index contributed by atoms with van der Waals surface area (Å²) in [5.41, 5.74) is 1.56. The summed E-state index contributed by atoms with van der Waals surface area (Å²) in [5.74, 6) is 0.202. The van der Waals surface area contributed by atoms with Gasteiger partial charge in [0.05, 0.1) is 13.5 Å². The summed E-state index contributed by atoms with van der Waals surface area (Å²) in [5, 5.41) is 3.37. The molecule has 0 fully saturated rings. The van der Waals surface area contributed by atoms with Crippen LogP contribution in [0.3, 0.4) is 0 Å². The molecule has 0 saturated carbocycles. The standard InChI is InChI=1S/C16H15ClFNO2/c1-21-15-7-4-13(17)9-12(15)10-19-16(20)8-11-2-5-14(18)6-3-11/h2-7,9H,8,10H2,1H3,(H,19,20). The number of carbonyl (C=O) groups excluding carboxylic acids is 1. The van der Waals surface area contributed by atoms with E-state index in [1.807, 2.05) is 0 Å². The summed E-state index contributed by atoms with van der Waals surface area (Å²) < 4.78 is 18.0. The highest BCUT2D eigenvalue weighted by atomic mass is 35.5. The minimum Gasteiger partial charge on any atom is -0.496 e. The number of hydrogen-bond donors (Lipinski definition) is 1. The summed E-state index contributed by atoms with van der Waals surface area (Å²) in [6.45, 7) is 0.323. The van der Waals surface area contributed by atoms with Crippen molar-refractivity contribution in [3.63, 3.8) is 0 Å². The Bertz CT molecular complexity index is 629. The molecule has 0 aliphatic heterocycles. The Morgan fingerprint density at radius 2 is 1.95 bits per heavy atom. The molecule has 0 bridgehead atoms. The van der Waals surface area contributed by atoms with Crippen molar-refractivity contribution in [3.05, 3.63) is 64.4 Å². The molecule has 0 saturated heterocycles. The van der Waals surface area contributed by atoms with Gasteiger partial charge in [-0.15, -0.1) is 0 Å². The molecule has 3 nitrogen and oxygen atoms in total. The van der Waals surface area contributed by atoms with Crippen molar-refractivity contribution in [1.29, 1.82) is 0 Å². The quantitative estimate of drug-likeness (QED) is 0.920. The van der Waals surface area contributed by atoms with E-state index in [1.54, 1.807) is 37.4 Å². The molecule has 110 valence electrons. The van der Waals surface area contributed by atoms with Gasteiger partial charge in [0.2, 0.25) is 5.91 Å². The van der Waals surface area contributed by atoms with Gasteiger partial charge in [-0.05, 0) is 35.9 Å². The largest absolute Gasteiger partial charge is 0.496 e. The summed E-state index contributed by atoms with van der Waals surface area (Å²) in [4.78, 5) is 11.9. The summed E-state index contributed by atoms with van der Waals surface area (Å²) in [6, 6.07) is 11.1. The first kappa shape index (κ1) is 15.3. The molecule has 2 aromatic carbocycles. The zero-order chi connectivity index (χ0) is 15.2. The number of carbonyl (C=O) groups is 1. The molecule has 5 heteroatoms. The molecular weight excluding hydrogens is 293 g/mol. The zero-order valence-corrected chi connectivity index (χ0v) is 12.3. The Labute approximate surface area is 127 Å². The highest BCUT2D eigenvalue weighted by molar-refractivity contribution is 6.30. The fourth-order valence-corrected chi connectivity index (χ4v) is 2.12. The molecule has 2 rings (SSSR count). The van der Waals surface area contributed by atoms with Gasteiger partial charge in [-0.25, -0.2) is 4.39 Å². The molecule has 0 aromatic heterocycles. The van der Waals surface area contributed by atoms with Gasteiger partial charge in [0.25, 0.3) is 0 Å². The number of methoxy groups -OCH3 is 1. The predicted molar refractivity (Wildman–Crippen MR) is 80.0 cm³/mol. The van der Waals surface area contributed by atoms with Gasteiger partial charge in [-0.2, -0.15) is 0 Å². The van der Waals surface area contributed by atoms with Gasteiger partial charge < -0.3 is 10.1 Å². The normalized spacial score (nSPS) is 10.2. The Morgan fingerprint density at radius 3 is 2.62 bits per heavy atom. The van der Waals surface area contributed by atoms with Crippen molar-refractivity contribution in [3.8, 4) is 5.75 Å². The van der Waals surface area contributed by atoms with Gasteiger partial charge in [0.15, 0.2) is 0 Å². The van der Waals surface area contributed by atoms with Crippen LogP contribution in [0.1, 0.15) is 11.1 Å². The van der Waals surface area contributed by atoms with E-state index in [4.69, 9.17) is 16.3 Å². The monoisotopic (exact) mass is 307 g/mol. The number of rotatable bonds is 5. The van der Waals surface area contributed by atoms with Crippen molar-refractivity contribution in [2.75, 3.05) is 7.11 Å². The van der Waals surface area contributed by atoms with E-state index in [-0.39, 0.29) is 18.1 Å². The molecule has 0 atom stereocenters. The molecule has 2 aromatic rings. The van der Waals surface area contributed by atoms with Gasteiger partial charge in [-0.1, -0.05) is 23.7 Å². The van der Waals surface area contributed by atoms with E-state index in [0.29, 0.717) is 17.3 Å². The molecule has 21 heavy (non-hydrogen) atoms. The number of halogens is 2. The molecule has 0 unspecified atom stereocenters. The van der Waals surface area contributed by atoms with Crippen molar-refractivity contribution >= 4 is 17.5 Å². The van der Waals surface area contributed by atoms with E-state index in [2.05, 4.69) is 5.32 Å². The first-order valence-corrected chi connectivity index (χ1v) is 6.80. The minimum atomic E-state index is -0.317. The Morgan fingerprint density at radius 1 is 1.24 bits per heavy atom. The van der Waals surface area contributed by atoms with Crippen LogP contribution in [0.15, 0.2) is 42.5 Å². The van der Waals surface area contributed by atoms with Crippen LogP contribution in [0.5, 0.6) is 5.75 Å². The van der Waals surface area contributed by atoms with Gasteiger partial charge in [0, 0.05) is 17.1 Å². The van der Waals surface area contributed by atoms with Crippen molar-refractivity contribution in [1.82, 2.24) is 5.32 Å². The van der Waals surface area contributed by atoms with Crippen LogP contribution in [0.4, 0.5) is 4.39 Å². The number of benzene rings is 2. The highest BCUT2D eigenvalue weighted by Gasteiger charge is 2.07. The van der Waals surface area contributed by atoms with Crippen LogP contribution in [0.2, 0.25) is 5.02 Å². The average molecular weight is 308 g/mol. The second-order valence-electron chi connectivity index (χ2n) is 4.54. The van der Waals surface area contributed by atoms with Crippen molar-refractivity contribution < 1.29 is 13.9 Å². The predicted octanol–water partition coefficient (Wildman–Crippen LogP) is 3.35. The second-order valence-corrected chi connectivity index (χ2v) is 4.97. The minimum absolute atomic E-state index is 0.149. The molecule has 0 aliphatic carbocycles. The zero-order valence-electron chi connectivity index (χ0n) is 11.5. The molecule has 0 radical (unpaired) electrons. The fourth-order valence-electron chi connectivity index (χ4n) is 1.93. The molecule has 1 N–H and O–H groups in total. The van der Waals surface area contributed by atoms with Crippen molar-refractivity contribution in [2.45, 2.75) is 13.0 Å². The van der Waals surface area contributed by atoms with Gasteiger partial charge in [0.1, 0.15) is 11.6 Å². The summed E-state index contributed by atoms with van der Waals surface area (Å²) in [7, 11) is 1.56. The summed E-state index contributed by atoms with van der Waals surface area (Å²) >= 11 is 5.93. The fraction of sp³-hybridized carbons (Fsp3) is 0.188. The van der Waals surface area contributed by atoms with Crippen LogP contribution in [0, 0.1) is 5.82 Å². The number of amides is 1. The first-order valence-electron chi connectivity index (χ1n) is 6.42. The Kier molecular flexibility index (Phi) is 5.17. The van der Waals surface area contributed by atoms with E-state index < -0.39 is 0 Å². The van der Waals surface area contributed by atoms with Gasteiger partial charge >= 0.3 is 0 Å². The third-order valence-corrected chi connectivity index (χ3v) is 3.23. The van der Waals surface area contributed by atoms with Crippen LogP contribution in [0.25, 0.3) is 0 Å². The van der Waals surface area contributed by atoms with E-state index in [0.717, 1.165) is 11.1 Å². The lowest BCUT2D eigenvalue weighted by Crippen LogP contribution is -2.24. The SMILES string of the molecule is COc1ccc(Cl)cc1CNC(=O)Cc1ccc(F)cc1. The van der Waals surface area contributed by atoms with Gasteiger partial charge in [-0.3, -0.25) is 4.79 Å². The second kappa shape index (κ2) is 7.09.